The highest BCUT2D eigenvalue weighted by molar-refractivity contribution is 7.89. The van der Waals surface area contributed by atoms with Gasteiger partial charge in [0.15, 0.2) is 6.61 Å². The molecule has 0 aliphatic heterocycles. The van der Waals surface area contributed by atoms with Crippen LogP contribution in [0, 0.1) is 29.0 Å². The summed E-state index contributed by atoms with van der Waals surface area (Å²) in [6, 6.07) is 2.59. The van der Waals surface area contributed by atoms with Gasteiger partial charge in [0.25, 0.3) is 5.91 Å². The van der Waals surface area contributed by atoms with Gasteiger partial charge in [0, 0.05) is 6.54 Å². The van der Waals surface area contributed by atoms with Crippen LogP contribution in [0.25, 0.3) is 0 Å². The lowest BCUT2D eigenvalue weighted by atomic mass is 9.49. The number of nitrogens with one attached hydrogen (secondary N) is 1. The molecule has 29 heavy (non-hydrogen) atoms. The van der Waals surface area contributed by atoms with Gasteiger partial charge >= 0.3 is 5.97 Å². The Labute approximate surface area is 169 Å². The highest BCUT2D eigenvalue weighted by Crippen LogP contribution is 2.59. The molecule has 158 valence electrons. The number of nitrogens with two attached hydrogens (primary N) is 1. The number of ether oxygens (including phenoxy) is 1. The molecule has 1 amide bonds. The van der Waals surface area contributed by atoms with Crippen LogP contribution in [0.1, 0.15) is 48.9 Å². The smallest absolute Gasteiger partial charge is 0.341 e. The van der Waals surface area contributed by atoms with E-state index in [-0.39, 0.29) is 5.41 Å². The van der Waals surface area contributed by atoms with Crippen molar-refractivity contribution in [2.75, 3.05) is 13.2 Å². The van der Waals surface area contributed by atoms with Crippen LogP contribution in [-0.2, 0) is 19.6 Å². The standard InChI is InChI=1S/C20H25FN2O5S/c21-17-2-1-15(29(22,26)27)6-16(17)19(25)28-10-18(24)23-11-20-7-12-3-13(8-20)5-14(4-12)9-20/h1-2,6,12-14H,3-5,7-11H2,(H,23,24)(H2,22,26,27). The number of benzene rings is 1. The molecule has 4 bridgehead atoms. The number of esters is 1. The predicted octanol–water partition coefficient (Wildman–Crippen LogP) is 1.96. The molecule has 4 fully saturated rings. The zero-order valence-electron chi connectivity index (χ0n) is 16.0. The molecular formula is C20H25FN2O5S. The number of primary sulfonamides is 1. The second-order valence-corrected chi connectivity index (χ2v) is 10.5. The summed E-state index contributed by atoms with van der Waals surface area (Å²) in [7, 11) is -4.09. The average Bonchev–Trinajstić information content (AvgIpc) is 2.63. The van der Waals surface area contributed by atoms with E-state index in [1.54, 1.807) is 0 Å². The van der Waals surface area contributed by atoms with Crippen molar-refractivity contribution in [1.29, 1.82) is 0 Å². The molecule has 3 N–H and O–H groups in total. The summed E-state index contributed by atoms with van der Waals surface area (Å²) >= 11 is 0. The summed E-state index contributed by atoms with van der Waals surface area (Å²) in [5, 5.41) is 7.87. The van der Waals surface area contributed by atoms with Gasteiger partial charge in [0.05, 0.1) is 10.5 Å². The van der Waals surface area contributed by atoms with Crippen LogP contribution in [0.4, 0.5) is 4.39 Å². The Morgan fingerprint density at radius 2 is 1.72 bits per heavy atom. The van der Waals surface area contributed by atoms with Crippen molar-refractivity contribution in [3.8, 4) is 0 Å². The van der Waals surface area contributed by atoms with Gasteiger partial charge in [0.1, 0.15) is 5.82 Å². The lowest BCUT2D eigenvalue weighted by Gasteiger charge is -2.56. The van der Waals surface area contributed by atoms with Crippen LogP contribution < -0.4 is 10.5 Å². The van der Waals surface area contributed by atoms with Crippen LogP contribution in [-0.4, -0.2) is 33.4 Å². The fourth-order valence-electron chi connectivity index (χ4n) is 5.89. The van der Waals surface area contributed by atoms with Crippen molar-refractivity contribution < 1.29 is 27.1 Å². The first-order valence-electron chi connectivity index (χ1n) is 9.90. The molecule has 1 aromatic rings. The van der Waals surface area contributed by atoms with E-state index in [1.807, 2.05) is 0 Å². The minimum atomic E-state index is -4.09. The molecule has 0 heterocycles. The lowest BCUT2D eigenvalue weighted by molar-refractivity contribution is -0.126. The topological polar surface area (TPSA) is 116 Å². The molecule has 0 saturated heterocycles. The summed E-state index contributed by atoms with van der Waals surface area (Å²) in [6.07, 6.45) is 7.37. The molecule has 7 nitrogen and oxygen atoms in total. The Morgan fingerprint density at radius 1 is 1.14 bits per heavy atom. The summed E-state index contributed by atoms with van der Waals surface area (Å²) in [5.74, 6) is -0.202. The first kappa shape index (κ1) is 20.3. The van der Waals surface area contributed by atoms with Crippen LogP contribution in [0.5, 0.6) is 0 Å². The van der Waals surface area contributed by atoms with E-state index in [1.165, 1.54) is 19.3 Å². The molecule has 4 saturated carbocycles. The molecule has 0 radical (unpaired) electrons. The van der Waals surface area contributed by atoms with Crippen molar-refractivity contribution >= 4 is 21.9 Å². The van der Waals surface area contributed by atoms with E-state index in [0.29, 0.717) is 6.54 Å². The normalized spacial score (nSPS) is 30.2. The molecule has 0 atom stereocenters. The van der Waals surface area contributed by atoms with Crippen LogP contribution >= 0.6 is 0 Å². The van der Waals surface area contributed by atoms with E-state index in [9.17, 15) is 22.4 Å². The number of sulfonamides is 1. The lowest BCUT2D eigenvalue weighted by Crippen LogP contribution is -2.51. The first-order chi connectivity index (χ1) is 13.6. The second-order valence-electron chi connectivity index (χ2n) is 8.96. The van der Waals surface area contributed by atoms with Gasteiger partial charge in [0.2, 0.25) is 10.0 Å². The van der Waals surface area contributed by atoms with Gasteiger partial charge in [-0.1, -0.05) is 0 Å². The second kappa shape index (κ2) is 7.36. The Bertz CT molecular complexity index is 911. The fraction of sp³-hybridized carbons (Fsp3) is 0.600. The predicted molar refractivity (Wildman–Crippen MR) is 102 cm³/mol. The number of hydrogen-bond acceptors (Lipinski definition) is 5. The fourth-order valence-corrected chi connectivity index (χ4v) is 6.43. The zero-order chi connectivity index (χ0) is 20.8. The third-order valence-corrected chi connectivity index (χ3v) is 7.56. The minimum Gasteiger partial charge on any atom is -0.452 e. The molecule has 1 aromatic carbocycles. The van der Waals surface area contributed by atoms with Crippen LogP contribution in [0.15, 0.2) is 23.1 Å². The van der Waals surface area contributed by atoms with Gasteiger partial charge in [-0.25, -0.2) is 22.7 Å². The third kappa shape index (κ3) is 4.30. The Kier molecular flexibility index (Phi) is 5.14. The summed E-state index contributed by atoms with van der Waals surface area (Å²) in [5.41, 5.74) is -0.421. The SMILES string of the molecule is NS(=O)(=O)c1ccc(F)c(C(=O)OCC(=O)NCC23CC4CC(CC(C4)C2)C3)c1. The number of carbonyl (C=O) groups excluding carboxylic acids is 2. The van der Waals surface area contributed by atoms with E-state index in [0.717, 1.165) is 55.2 Å². The van der Waals surface area contributed by atoms with Crippen LogP contribution in [0.3, 0.4) is 0 Å². The Balaban J connectivity index is 1.32. The number of halogens is 1. The zero-order valence-corrected chi connectivity index (χ0v) is 16.8. The quantitative estimate of drug-likeness (QED) is 0.678. The van der Waals surface area contributed by atoms with Crippen molar-refractivity contribution in [2.24, 2.45) is 28.3 Å². The number of hydrogen-bond donors (Lipinski definition) is 2. The summed E-state index contributed by atoms with van der Waals surface area (Å²) < 4.78 is 41.5. The molecule has 0 spiro atoms. The minimum absolute atomic E-state index is 0.157. The van der Waals surface area contributed by atoms with E-state index in [4.69, 9.17) is 9.88 Å². The molecule has 0 unspecified atom stereocenters. The molecule has 5 rings (SSSR count). The van der Waals surface area contributed by atoms with Crippen molar-refractivity contribution in [2.45, 2.75) is 43.4 Å². The Morgan fingerprint density at radius 3 is 2.28 bits per heavy atom. The molecule has 4 aliphatic rings. The first-order valence-corrected chi connectivity index (χ1v) is 11.4. The van der Waals surface area contributed by atoms with E-state index in [2.05, 4.69) is 5.32 Å². The molecule has 4 aliphatic carbocycles. The van der Waals surface area contributed by atoms with Crippen LogP contribution in [0.2, 0.25) is 0 Å². The molecule has 9 heteroatoms. The largest absolute Gasteiger partial charge is 0.452 e. The Hall–Kier alpha value is -2.00. The van der Waals surface area contributed by atoms with Gasteiger partial charge in [-0.2, -0.15) is 0 Å². The summed E-state index contributed by atoms with van der Waals surface area (Å²) in [4.78, 5) is 23.9. The number of carbonyl (C=O) groups is 2. The van der Waals surface area contributed by atoms with Gasteiger partial charge < -0.3 is 10.1 Å². The average molecular weight is 424 g/mol. The molecule has 0 aromatic heterocycles. The molecular weight excluding hydrogens is 399 g/mol. The van der Waals surface area contributed by atoms with E-state index >= 15 is 0 Å². The summed E-state index contributed by atoms with van der Waals surface area (Å²) in [6.45, 7) is 0.0202. The highest BCUT2D eigenvalue weighted by atomic mass is 32.2. The highest BCUT2D eigenvalue weighted by Gasteiger charge is 2.50. The van der Waals surface area contributed by atoms with Crippen molar-refractivity contribution in [1.82, 2.24) is 5.32 Å². The van der Waals surface area contributed by atoms with Gasteiger partial charge in [-0.15, -0.1) is 0 Å². The number of rotatable bonds is 6. The maximum atomic E-state index is 13.9. The number of amides is 1. The maximum absolute atomic E-state index is 13.9. The van der Waals surface area contributed by atoms with E-state index < -0.39 is 44.8 Å². The third-order valence-electron chi connectivity index (χ3n) is 6.65. The van der Waals surface area contributed by atoms with Crippen molar-refractivity contribution in [3.63, 3.8) is 0 Å². The van der Waals surface area contributed by atoms with Gasteiger partial charge in [-0.3, -0.25) is 4.79 Å². The van der Waals surface area contributed by atoms with Crippen molar-refractivity contribution in [3.05, 3.63) is 29.6 Å². The van der Waals surface area contributed by atoms with Gasteiger partial charge in [-0.05, 0) is 79.9 Å². The monoisotopic (exact) mass is 424 g/mol. The maximum Gasteiger partial charge on any atom is 0.341 e.